The summed E-state index contributed by atoms with van der Waals surface area (Å²) in [5, 5.41) is 11.7. The third-order valence-corrected chi connectivity index (χ3v) is 3.81. The highest BCUT2D eigenvalue weighted by atomic mass is 16.3. The fourth-order valence-electron chi connectivity index (χ4n) is 2.44. The van der Waals surface area contributed by atoms with E-state index in [4.69, 9.17) is 9.68 Å². The Hall–Kier alpha value is -3.39. The summed E-state index contributed by atoms with van der Waals surface area (Å²) in [5.41, 5.74) is 3.37. The highest BCUT2D eigenvalue weighted by molar-refractivity contribution is 5.76. The second kappa shape index (κ2) is 7.93. The normalized spacial score (nSPS) is 10.2. The molecule has 1 aromatic carbocycles. The van der Waals surface area contributed by atoms with E-state index in [9.17, 15) is 4.79 Å². The average molecular weight is 331 g/mol. The summed E-state index contributed by atoms with van der Waals surface area (Å²) in [6, 6.07) is 16.8. The highest BCUT2D eigenvalue weighted by Crippen LogP contribution is 2.18. The molecule has 0 radical (unpaired) electrons. The van der Waals surface area contributed by atoms with E-state index in [0.717, 1.165) is 16.8 Å². The Morgan fingerprint density at radius 3 is 2.72 bits per heavy atom. The van der Waals surface area contributed by atoms with Crippen molar-refractivity contribution in [3.8, 4) is 17.5 Å². The number of furan rings is 1. The zero-order valence-electron chi connectivity index (χ0n) is 13.6. The van der Waals surface area contributed by atoms with Gasteiger partial charge in [-0.3, -0.25) is 9.78 Å². The number of benzene rings is 1. The van der Waals surface area contributed by atoms with Crippen LogP contribution in [-0.4, -0.2) is 10.9 Å². The van der Waals surface area contributed by atoms with Gasteiger partial charge in [0.15, 0.2) is 5.76 Å². The van der Waals surface area contributed by atoms with Crippen molar-refractivity contribution in [1.29, 1.82) is 5.26 Å². The van der Waals surface area contributed by atoms with Gasteiger partial charge in [-0.2, -0.15) is 5.26 Å². The van der Waals surface area contributed by atoms with Crippen molar-refractivity contribution in [3.63, 3.8) is 0 Å². The van der Waals surface area contributed by atoms with Gasteiger partial charge in [0, 0.05) is 19.2 Å². The molecule has 0 aliphatic heterocycles. The molecule has 3 aromatic rings. The molecule has 0 saturated carbocycles. The van der Waals surface area contributed by atoms with Gasteiger partial charge in [0.25, 0.3) is 0 Å². The molecule has 0 fully saturated rings. The quantitative estimate of drug-likeness (QED) is 0.750. The summed E-state index contributed by atoms with van der Waals surface area (Å²) in [5.74, 6) is 0.690. The third kappa shape index (κ3) is 4.55. The highest BCUT2D eigenvalue weighted by Gasteiger charge is 2.06. The SMILES string of the molecule is N#Cc1ccc(CCC(=O)NCc2ccnc(-c3ccco3)c2)cc1. The summed E-state index contributed by atoms with van der Waals surface area (Å²) in [6.07, 6.45) is 4.36. The van der Waals surface area contributed by atoms with Gasteiger partial charge in [-0.15, -0.1) is 0 Å². The first-order chi connectivity index (χ1) is 12.2. The number of aromatic nitrogens is 1. The van der Waals surface area contributed by atoms with Crippen LogP contribution < -0.4 is 5.32 Å². The van der Waals surface area contributed by atoms with E-state index in [2.05, 4.69) is 16.4 Å². The van der Waals surface area contributed by atoms with Gasteiger partial charge >= 0.3 is 0 Å². The molecule has 0 aliphatic carbocycles. The Morgan fingerprint density at radius 2 is 2.00 bits per heavy atom. The Kier molecular flexibility index (Phi) is 5.22. The van der Waals surface area contributed by atoms with Crippen LogP contribution in [0.25, 0.3) is 11.5 Å². The minimum Gasteiger partial charge on any atom is -0.463 e. The van der Waals surface area contributed by atoms with Gasteiger partial charge in [-0.25, -0.2) is 0 Å². The lowest BCUT2D eigenvalue weighted by Gasteiger charge is -2.06. The topological polar surface area (TPSA) is 78.9 Å². The lowest BCUT2D eigenvalue weighted by Crippen LogP contribution is -2.23. The molecular weight excluding hydrogens is 314 g/mol. The van der Waals surface area contributed by atoms with Crippen LogP contribution in [-0.2, 0) is 17.8 Å². The Bertz CT molecular complexity index is 878. The van der Waals surface area contributed by atoms with Gasteiger partial charge < -0.3 is 9.73 Å². The summed E-state index contributed by atoms with van der Waals surface area (Å²) in [7, 11) is 0. The molecule has 1 N–H and O–H groups in total. The fraction of sp³-hybridized carbons (Fsp3) is 0.150. The number of hydrogen-bond acceptors (Lipinski definition) is 4. The number of hydrogen-bond donors (Lipinski definition) is 1. The molecule has 2 aromatic heterocycles. The van der Waals surface area contributed by atoms with Crippen molar-refractivity contribution in [3.05, 3.63) is 77.7 Å². The predicted octanol–water partition coefficient (Wildman–Crippen LogP) is 3.46. The number of nitriles is 1. The first-order valence-electron chi connectivity index (χ1n) is 7.99. The first-order valence-corrected chi connectivity index (χ1v) is 7.99. The molecule has 0 aliphatic rings. The predicted molar refractivity (Wildman–Crippen MR) is 93.3 cm³/mol. The minimum atomic E-state index is -0.0132. The fourth-order valence-corrected chi connectivity index (χ4v) is 2.44. The molecule has 124 valence electrons. The second-order valence-corrected chi connectivity index (χ2v) is 5.61. The molecular formula is C20H17N3O2. The smallest absolute Gasteiger partial charge is 0.220 e. The molecule has 3 rings (SSSR count). The van der Waals surface area contributed by atoms with Gasteiger partial charge in [-0.05, 0) is 53.9 Å². The lowest BCUT2D eigenvalue weighted by molar-refractivity contribution is -0.121. The van der Waals surface area contributed by atoms with Crippen molar-refractivity contribution in [1.82, 2.24) is 10.3 Å². The van der Waals surface area contributed by atoms with Crippen LogP contribution >= 0.6 is 0 Å². The first kappa shape index (κ1) is 16.5. The summed E-state index contributed by atoms with van der Waals surface area (Å²) in [6.45, 7) is 0.447. The minimum absolute atomic E-state index is 0.0132. The number of pyridine rings is 1. The van der Waals surface area contributed by atoms with Crippen LogP contribution in [0.4, 0.5) is 0 Å². The molecule has 0 unspecified atom stereocenters. The number of rotatable bonds is 6. The van der Waals surface area contributed by atoms with Crippen LogP contribution in [0.1, 0.15) is 23.1 Å². The van der Waals surface area contributed by atoms with E-state index in [1.165, 1.54) is 0 Å². The van der Waals surface area contributed by atoms with Gasteiger partial charge in [0.1, 0.15) is 5.69 Å². The van der Waals surface area contributed by atoms with E-state index in [1.54, 1.807) is 24.6 Å². The second-order valence-electron chi connectivity index (χ2n) is 5.61. The van der Waals surface area contributed by atoms with Crippen molar-refractivity contribution < 1.29 is 9.21 Å². The maximum absolute atomic E-state index is 12.0. The molecule has 5 heteroatoms. The van der Waals surface area contributed by atoms with Gasteiger partial charge in [0.05, 0.1) is 17.9 Å². The van der Waals surface area contributed by atoms with Crippen LogP contribution in [0, 0.1) is 11.3 Å². The maximum atomic E-state index is 12.0. The number of carbonyl (C=O) groups is 1. The molecule has 2 heterocycles. The standard InChI is InChI=1S/C20H17N3O2/c21-13-16-5-3-15(4-6-16)7-8-20(24)23-14-17-9-10-22-18(12-17)19-2-1-11-25-19/h1-6,9-12H,7-8,14H2,(H,23,24). The van der Waals surface area contributed by atoms with E-state index >= 15 is 0 Å². The molecule has 0 bridgehead atoms. The van der Waals surface area contributed by atoms with Crippen molar-refractivity contribution in [2.45, 2.75) is 19.4 Å². The summed E-state index contributed by atoms with van der Waals surface area (Å²) >= 11 is 0. The summed E-state index contributed by atoms with van der Waals surface area (Å²) < 4.78 is 5.33. The molecule has 25 heavy (non-hydrogen) atoms. The summed E-state index contributed by atoms with van der Waals surface area (Å²) in [4.78, 5) is 16.3. The molecule has 5 nitrogen and oxygen atoms in total. The molecule has 0 saturated heterocycles. The number of nitrogens with one attached hydrogen (secondary N) is 1. The van der Waals surface area contributed by atoms with E-state index in [1.807, 2.05) is 36.4 Å². The zero-order chi connectivity index (χ0) is 17.5. The van der Waals surface area contributed by atoms with E-state index in [-0.39, 0.29) is 5.91 Å². The van der Waals surface area contributed by atoms with E-state index in [0.29, 0.717) is 30.7 Å². The molecule has 1 amide bonds. The zero-order valence-corrected chi connectivity index (χ0v) is 13.6. The number of amides is 1. The largest absolute Gasteiger partial charge is 0.463 e. The van der Waals surface area contributed by atoms with Gasteiger partial charge in [-0.1, -0.05) is 12.1 Å². The van der Waals surface area contributed by atoms with Crippen molar-refractivity contribution in [2.75, 3.05) is 0 Å². The molecule has 0 spiro atoms. The Labute approximate surface area is 145 Å². The number of nitrogens with zero attached hydrogens (tertiary/aromatic N) is 2. The average Bonchev–Trinajstić information content (AvgIpc) is 3.20. The number of carbonyl (C=O) groups excluding carboxylic acids is 1. The van der Waals surface area contributed by atoms with Gasteiger partial charge in [0.2, 0.25) is 5.91 Å². The maximum Gasteiger partial charge on any atom is 0.220 e. The van der Waals surface area contributed by atoms with Crippen molar-refractivity contribution >= 4 is 5.91 Å². The van der Waals surface area contributed by atoms with Crippen LogP contribution in [0.3, 0.4) is 0 Å². The lowest BCUT2D eigenvalue weighted by atomic mass is 10.1. The third-order valence-electron chi connectivity index (χ3n) is 3.81. The Morgan fingerprint density at radius 1 is 1.16 bits per heavy atom. The van der Waals surface area contributed by atoms with Crippen LogP contribution in [0.2, 0.25) is 0 Å². The van der Waals surface area contributed by atoms with Crippen LogP contribution in [0.15, 0.2) is 65.4 Å². The Balaban J connectivity index is 1.50. The van der Waals surface area contributed by atoms with Crippen LogP contribution in [0.5, 0.6) is 0 Å². The van der Waals surface area contributed by atoms with Crippen molar-refractivity contribution in [2.24, 2.45) is 0 Å². The molecule has 0 atom stereocenters. The monoisotopic (exact) mass is 331 g/mol. The number of aryl methyl sites for hydroxylation is 1. The van der Waals surface area contributed by atoms with E-state index < -0.39 is 0 Å².